The summed E-state index contributed by atoms with van der Waals surface area (Å²) in [6.07, 6.45) is 0. The fraction of sp³-hybridized carbons (Fsp3) is 0.0192. The average Bonchev–Trinajstić information content (AvgIpc) is 3.91. The van der Waals surface area contributed by atoms with Gasteiger partial charge in [-0.3, -0.25) is 0 Å². The molecule has 260 valence electrons. The van der Waals surface area contributed by atoms with E-state index < -0.39 is 0 Å². The Morgan fingerprint density at radius 2 is 0.804 bits per heavy atom. The predicted molar refractivity (Wildman–Crippen MR) is 225 cm³/mol. The van der Waals surface area contributed by atoms with E-state index in [1.54, 1.807) is 0 Å². The largest absolute Gasteiger partial charge is 0.456 e. The van der Waals surface area contributed by atoms with Crippen molar-refractivity contribution in [1.29, 1.82) is 0 Å². The highest BCUT2D eigenvalue weighted by Crippen LogP contribution is 2.63. The zero-order chi connectivity index (χ0) is 36.8. The molecule has 12 rings (SSSR count). The summed E-state index contributed by atoms with van der Waals surface area (Å²) in [6.45, 7) is 0. The molecule has 2 aliphatic carbocycles. The minimum absolute atomic E-state index is 0.382. The summed E-state index contributed by atoms with van der Waals surface area (Å²) in [5.41, 5.74) is 16.9. The summed E-state index contributed by atoms with van der Waals surface area (Å²) >= 11 is 0. The molecule has 2 heterocycles. The number of hydrogen-bond donors (Lipinski definition) is 0. The first-order valence-electron chi connectivity index (χ1n) is 19.0. The van der Waals surface area contributed by atoms with Crippen molar-refractivity contribution in [3.05, 3.63) is 210 Å². The van der Waals surface area contributed by atoms with Gasteiger partial charge in [-0.15, -0.1) is 0 Å². The Morgan fingerprint density at radius 1 is 0.321 bits per heavy atom. The predicted octanol–water partition coefficient (Wildman–Crippen LogP) is 12.8. The van der Waals surface area contributed by atoms with Gasteiger partial charge in [0.25, 0.3) is 0 Å². The Labute approximate surface area is 323 Å². The second-order valence-corrected chi connectivity index (χ2v) is 14.7. The van der Waals surface area contributed by atoms with Crippen molar-refractivity contribution >= 4 is 21.9 Å². The summed E-state index contributed by atoms with van der Waals surface area (Å²) in [6, 6.07) is 66.8. The van der Waals surface area contributed by atoms with Crippen molar-refractivity contribution < 1.29 is 4.42 Å². The summed E-state index contributed by atoms with van der Waals surface area (Å²) in [5, 5.41) is 2.04. The van der Waals surface area contributed by atoms with Crippen molar-refractivity contribution in [3.63, 3.8) is 0 Å². The van der Waals surface area contributed by atoms with Gasteiger partial charge >= 0.3 is 0 Å². The number of fused-ring (bicyclic) bond motifs is 13. The number of para-hydroxylation sites is 1. The van der Waals surface area contributed by atoms with Crippen LogP contribution in [0.5, 0.6) is 0 Å². The number of benzene rings is 8. The van der Waals surface area contributed by atoms with E-state index in [0.717, 1.165) is 44.2 Å². The summed E-state index contributed by atoms with van der Waals surface area (Å²) in [5.74, 6) is 1.85. The van der Waals surface area contributed by atoms with Crippen LogP contribution in [0.2, 0.25) is 0 Å². The highest BCUT2D eigenvalue weighted by Gasteiger charge is 2.51. The molecule has 0 radical (unpaired) electrons. The number of hydrogen-bond acceptors (Lipinski definition) is 4. The molecule has 2 aliphatic rings. The SMILES string of the molecule is c1ccc(-c2nc(-c3ccc(-c4ccc5c(c4)C4(c6ccccc6-c6ccccc64)c4ccccc4-5)cc3)nc(-c3cccc4oc5ccccc5c34)n2)cc1. The van der Waals surface area contributed by atoms with Gasteiger partial charge in [0.2, 0.25) is 0 Å². The van der Waals surface area contributed by atoms with Gasteiger partial charge in [-0.1, -0.05) is 170 Å². The third kappa shape index (κ3) is 4.32. The second-order valence-electron chi connectivity index (χ2n) is 14.7. The minimum atomic E-state index is -0.382. The van der Waals surface area contributed by atoms with Crippen molar-refractivity contribution in [2.45, 2.75) is 5.41 Å². The van der Waals surface area contributed by atoms with Crippen LogP contribution in [0.15, 0.2) is 192 Å². The monoisotopic (exact) mass is 713 g/mol. The molecule has 4 heteroatoms. The number of aromatic nitrogens is 3. The van der Waals surface area contributed by atoms with E-state index in [1.165, 1.54) is 50.1 Å². The smallest absolute Gasteiger partial charge is 0.164 e. The van der Waals surface area contributed by atoms with Crippen molar-refractivity contribution in [2.75, 3.05) is 0 Å². The van der Waals surface area contributed by atoms with Gasteiger partial charge in [-0.25, -0.2) is 15.0 Å². The Balaban J connectivity index is 0.999. The van der Waals surface area contributed by atoms with Gasteiger partial charge in [0.1, 0.15) is 11.2 Å². The zero-order valence-electron chi connectivity index (χ0n) is 30.1. The highest BCUT2D eigenvalue weighted by atomic mass is 16.3. The number of rotatable bonds is 4. The molecule has 0 atom stereocenters. The molecule has 0 bridgehead atoms. The Bertz CT molecular complexity index is 3130. The van der Waals surface area contributed by atoms with Crippen LogP contribution in [0.3, 0.4) is 0 Å². The summed E-state index contributed by atoms with van der Waals surface area (Å²) in [7, 11) is 0. The second kappa shape index (κ2) is 11.8. The molecule has 4 nitrogen and oxygen atoms in total. The van der Waals surface area contributed by atoms with Crippen LogP contribution in [0.25, 0.3) is 89.5 Å². The maximum atomic E-state index is 6.24. The molecular weight excluding hydrogens is 683 g/mol. The minimum Gasteiger partial charge on any atom is -0.456 e. The van der Waals surface area contributed by atoms with Crippen molar-refractivity contribution in [1.82, 2.24) is 15.0 Å². The average molecular weight is 714 g/mol. The van der Waals surface area contributed by atoms with E-state index in [1.807, 2.05) is 60.7 Å². The molecule has 56 heavy (non-hydrogen) atoms. The molecule has 0 aliphatic heterocycles. The quantitative estimate of drug-likeness (QED) is 0.182. The lowest BCUT2D eigenvalue weighted by Crippen LogP contribution is -2.25. The topological polar surface area (TPSA) is 51.8 Å². The third-order valence-electron chi connectivity index (χ3n) is 11.8. The number of nitrogens with zero attached hydrogens (tertiary/aromatic N) is 3. The molecule has 0 fully saturated rings. The molecule has 0 saturated heterocycles. The zero-order valence-corrected chi connectivity index (χ0v) is 30.1. The van der Waals surface area contributed by atoms with Gasteiger partial charge < -0.3 is 4.42 Å². The fourth-order valence-corrected chi connectivity index (χ4v) is 9.39. The fourth-order valence-electron chi connectivity index (χ4n) is 9.39. The van der Waals surface area contributed by atoms with Crippen LogP contribution in [0.1, 0.15) is 22.3 Å². The standard InChI is InChI=1S/C52H31N3O/c1-2-13-33(14-3-1)49-53-50(55-51(54-49)41-19-12-24-47-48(41)40-18-7-11-23-46(40)56-47)34-27-25-32(26-28-34)35-29-30-39-38-17-6-10-22-44(38)52(45(39)31-35)42-20-8-4-15-36(42)37-16-5-9-21-43(37)52/h1-31H. The first-order chi connectivity index (χ1) is 27.8. The van der Waals surface area contributed by atoms with E-state index in [9.17, 15) is 0 Å². The lowest BCUT2D eigenvalue weighted by Gasteiger charge is -2.30. The van der Waals surface area contributed by atoms with E-state index in [0.29, 0.717) is 17.5 Å². The first-order valence-corrected chi connectivity index (χ1v) is 19.0. The molecule has 8 aromatic carbocycles. The highest BCUT2D eigenvalue weighted by molar-refractivity contribution is 6.11. The molecular formula is C52H31N3O. The molecule has 0 amide bonds. The lowest BCUT2D eigenvalue weighted by atomic mass is 9.70. The van der Waals surface area contributed by atoms with Crippen LogP contribution in [0, 0.1) is 0 Å². The normalized spacial score (nSPS) is 13.1. The maximum absolute atomic E-state index is 6.24. The van der Waals surface area contributed by atoms with E-state index in [-0.39, 0.29) is 5.41 Å². The van der Waals surface area contributed by atoms with Gasteiger partial charge in [-0.2, -0.15) is 0 Å². The van der Waals surface area contributed by atoms with E-state index >= 15 is 0 Å². The molecule has 10 aromatic rings. The van der Waals surface area contributed by atoms with Crippen molar-refractivity contribution in [3.8, 4) is 67.5 Å². The molecule has 0 N–H and O–H groups in total. The van der Waals surface area contributed by atoms with Gasteiger partial charge in [-0.05, 0) is 73.8 Å². The van der Waals surface area contributed by atoms with Gasteiger partial charge in [0.15, 0.2) is 17.5 Å². The van der Waals surface area contributed by atoms with Gasteiger partial charge in [0.05, 0.1) is 5.41 Å². The Morgan fingerprint density at radius 3 is 1.48 bits per heavy atom. The first kappa shape index (κ1) is 31.0. The Hall–Kier alpha value is -7.43. The summed E-state index contributed by atoms with van der Waals surface area (Å²) < 4.78 is 6.24. The molecule has 0 unspecified atom stereocenters. The molecule has 2 aromatic heterocycles. The lowest BCUT2D eigenvalue weighted by molar-refractivity contribution is 0.669. The third-order valence-corrected chi connectivity index (χ3v) is 11.8. The van der Waals surface area contributed by atoms with Gasteiger partial charge in [0, 0.05) is 27.5 Å². The van der Waals surface area contributed by atoms with Crippen LogP contribution in [-0.2, 0) is 5.41 Å². The van der Waals surface area contributed by atoms with E-state index in [2.05, 4.69) is 127 Å². The Kier molecular flexibility index (Phi) is 6.52. The number of furan rings is 1. The van der Waals surface area contributed by atoms with Crippen LogP contribution >= 0.6 is 0 Å². The van der Waals surface area contributed by atoms with E-state index in [4.69, 9.17) is 19.4 Å². The molecule has 1 spiro atoms. The van der Waals surface area contributed by atoms with Crippen molar-refractivity contribution in [2.24, 2.45) is 0 Å². The summed E-state index contributed by atoms with van der Waals surface area (Å²) in [4.78, 5) is 15.2. The van der Waals surface area contributed by atoms with Crippen LogP contribution in [-0.4, -0.2) is 15.0 Å². The van der Waals surface area contributed by atoms with Crippen LogP contribution in [0.4, 0.5) is 0 Å². The maximum Gasteiger partial charge on any atom is 0.164 e. The molecule has 0 saturated carbocycles. The van der Waals surface area contributed by atoms with Crippen LogP contribution < -0.4 is 0 Å².